The monoisotopic (exact) mass is 210 g/mol. The molecule has 0 aromatic carbocycles. The first-order valence-corrected chi connectivity index (χ1v) is 5.25. The molecule has 3 nitrogen and oxygen atoms in total. The highest BCUT2D eigenvalue weighted by Crippen LogP contribution is 2.27. The first kappa shape index (κ1) is 10.4. The van der Waals surface area contributed by atoms with E-state index in [1.165, 1.54) is 6.07 Å². The summed E-state index contributed by atoms with van der Waals surface area (Å²) in [4.78, 5) is 6.03. The Kier molecular flexibility index (Phi) is 2.86. The summed E-state index contributed by atoms with van der Waals surface area (Å²) in [5.74, 6) is 0.000278. The minimum atomic E-state index is -0.381. The lowest BCUT2D eigenvalue weighted by Crippen LogP contribution is -2.28. The Hall–Kier alpha value is -1.16. The minimum Gasteiger partial charge on any atom is -0.392 e. The zero-order valence-corrected chi connectivity index (χ0v) is 8.78. The van der Waals surface area contributed by atoms with Crippen molar-refractivity contribution in [2.24, 2.45) is 0 Å². The Bertz CT molecular complexity index is 356. The van der Waals surface area contributed by atoms with E-state index < -0.39 is 0 Å². The Morgan fingerprint density at radius 3 is 3.07 bits per heavy atom. The van der Waals surface area contributed by atoms with Gasteiger partial charge in [0.25, 0.3) is 0 Å². The van der Waals surface area contributed by atoms with Crippen LogP contribution in [0.4, 0.5) is 10.2 Å². The van der Waals surface area contributed by atoms with Crippen molar-refractivity contribution >= 4 is 5.82 Å². The highest BCUT2D eigenvalue weighted by atomic mass is 19.1. The predicted octanol–water partition coefficient (Wildman–Crippen LogP) is 1.70. The van der Waals surface area contributed by atoms with Gasteiger partial charge in [0.05, 0.1) is 6.61 Å². The second kappa shape index (κ2) is 4.14. The molecule has 1 saturated heterocycles. The number of hydrogen-bond acceptors (Lipinski definition) is 3. The van der Waals surface area contributed by atoms with Crippen molar-refractivity contribution < 1.29 is 9.50 Å². The van der Waals surface area contributed by atoms with Gasteiger partial charge in [0, 0.05) is 24.3 Å². The maximum Gasteiger partial charge on any atom is 0.171 e. The number of anilines is 1. The van der Waals surface area contributed by atoms with Crippen LogP contribution < -0.4 is 4.90 Å². The van der Waals surface area contributed by atoms with E-state index in [1.807, 2.05) is 4.90 Å². The third-order valence-corrected chi connectivity index (χ3v) is 2.95. The average Bonchev–Trinajstić information content (AvgIpc) is 2.65. The van der Waals surface area contributed by atoms with Gasteiger partial charge in [-0.25, -0.2) is 9.37 Å². The maximum absolute atomic E-state index is 13.8. The Balaban J connectivity index is 2.35. The van der Waals surface area contributed by atoms with E-state index >= 15 is 0 Å². The van der Waals surface area contributed by atoms with Gasteiger partial charge in [0.2, 0.25) is 0 Å². The summed E-state index contributed by atoms with van der Waals surface area (Å²) in [6.45, 7) is 2.64. The van der Waals surface area contributed by atoms with Crippen molar-refractivity contribution in [3.05, 3.63) is 23.6 Å². The molecule has 4 heteroatoms. The summed E-state index contributed by atoms with van der Waals surface area (Å²) in [6, 6.07) is 1.85. The van der Waals surface area contributed by atoms with E-state index in [-0.39, 0.29) is 12.4 Å². The number of halogens is 1. The quantitative estimate of drug-likeness (QED) is 0.807. The predicted molar refractivity (Wildman–Crippen MR) is 56.2 cm³/mol. The Morgan fingerprint density at radius 2 is 2.47 bits per heavy atom. The largest absolute Gasteiger partial charge is 0.392 e. The van der Waals surface area contributed by atoms with Crippen molar-refractivity contribution in [2.75, 3.05) is 11.4 Å². The number of hydrogen-bond donors (Lipinski definition) is 1. The molecule has 1 aromatic rings. The van der Waals surface area contributed by atoms with Crippen molar-refractivity contribution in [3.8, 4) is 0 Å². The molecular weight excluding hydrogens is 195 g/mol. The van der Waals surface area contributed by atoms with Crippen LogP contribution in [0.15, 0.2) is 12.3 Å². The van der Waals surface area contributed by atoms with E-state index in [0.29, 0.717) is 17.4 Å². The molecule has 15 heavy (non-hydrogen) atoms. The first-order chi connectivity index (χ1) is 7.24. The number of aromatic nitrogens is 1. The van der Waals surface area contributed by atoms with Crippen LogP contribution in [0.5, 0.6) is 0 Å². The third-order valence-electron chi connectivity index (χ3n) is 2.95. The van der Waals surface area contributed by atoms with Gasteiger partial charge < -0.3 is 10.0 Å². The second-order valence-corrected chi connectivity index (χ2v) is 3.95. The maximum atomic E-state index is 13.8. The molecule has 0 amide bonds. The van der Waals surface area contributed by atoms with Crippen LogP contribution >= 0.6 is 0 Å². The van der Waals surface area contributed by atoms with Gasteiger partial charge in [-0.1, -0.05) is 0 Å². The van der Waals surface area contributed by atoms with E-state index in [4.69, 9.17) is 5.11 Å². The zero-order chi connectivity index (χ0) is 10.8. The van der Waals surface area contributed by atoms with Gasteiger partial charge in [0.1, 0.15) is 0 Å². The van der Waals surface area contributed by atoms with Crippen molar-refractivity contribution in [3.63, 3.8) is 0 Å². The molecule has 2 rings (SSSR count). The van der Waals surface area contributed by atoms with Crippen LogP contribution in [0.2, 0.25) is 0 Å². The van der Waals surface area contributed by atoms with E-state index in [2.05, 4.69) is 11.9 Å². The fourth-order valence-corrected chi connectivity index (χ4v) is 2.04. The molecule has 0 saturated carbocycles. The van der Waals surface area contributed by atoms with Crippen LogP contribution in [0, 0.1) is 5.82 Å². The van der Waals surface area contributed by atoms with Crippen LogP contribution in [-0.4, -0.2) is 22.7 Å². The molecule has 1 unspecified atom stereocenters. The van der Waals surface area contributed by atoms with Crippen molar-refractivity contribution in [1.82, 2.24) is 4.98 Å². The molecule has 2 heterocycles. The van der Waals surface area contributed by atoms with Crippen molar-refractivity contribution in [2.45, 2.75) is 32.4 Å². The van der Waals surface area contributed by atoms with Gasteiger partial charge in [-0.15, -0.1) is 0 Å². The SMILES string of the molecule is CC1CCCN1c1nccc(CO)c1F. The van der Waals surface area contributed by atoms with Gasteiger partial charge >= 0.3 is 0 Å². The van der Waals surface area contributed by atoms with Gasteiger partial charge in [-0.05, 0) is 25.8 Å². The van der Waals surface area contributed by atoms with E-state index in [9.17, 15) is 4.39 Å². The van der Waals surface area contributed by atoms with Crippen molar-refractivity contribution in [1.29, 1.82) is 0 Å². The lowest BCUT2D eigenvalue weighted by atomic mass is 10.2. The smallest absolute Gasteiger partial charge is 0.171 e. The normalized spacial score (nSPS) is 21.0. The number of pyridine rings is 1. The highest BCUT2D eigenvalue weighted by Gasteiger charge is 2.24. The number of nitrogens with zero attached hydrogens (tertiary/aromatic N) is 2. The highest BCUT2D eigenvalue weighted by molar-refractivity contribution is 5.44. The van der Waals surface area contributed by atoms with E-state index in [0.717, 1.165) is 19.4 Å². The molecule has 82 valence electrons. The Morgan fingerprint density at radius 1 is 1.67 bits per heavy atom. The topological polar surface area (TPSA) is 36.4 Å². The zero-order valence-electron chi connectivity index (χ0n) is 8.78. The van der Waals surface area contributed by atoms with Crippen LogP contribution in [0.1, 0.15) is 25.3 Å². The molecule has 1 fully saturated rings. The molecule has 1 aromatic heterocycles. The second-order valence-electron chi connectivity index (χ2n) is 3.95. The molecule has 1 atom stereocenters. The standard InChI is InChI=1S/C11H15FN2O/c1-8-3-2-6-14(8)11-10(12)9(7-15)4-5-13-11/h4-5,8,15H,2-3,6-7H2,1H3. The van der Waals surface area contributed by atoms with Gasteiger partial charge in [0.15, 0.2) is 11.6 Å². The van der Waals surface area contributed by atoms with Gasteiger partial charge in [-0.2, -0.15) is 0 Å². The number of aliphatic hydroxyl groups is 1. The van der Waals surface area contributed by atoms with Gasteiger partial charge in [-0.3, -0.25) is 0 Å². The molecule has 1 aliphatic rings. The molecular formula is C11H15FN2O. The number of rotatable bonds is 2. The molecule has 0 spiro atoms. The average molecular weight is 210 g/mol. The van der Waals surface area contributed by atoms with Crippen LogP contribution in [-0.2, 0) is 6.61 Å². The van der Waals surface area contributed by atoms with E-state index in [1.54, 1.807) is 6.20 Å². The van der Waals surface area contributed by atoms with Crippen LogP contribution in [0.3, 0.4) is 0 Å². The molecule has 1 aliphatic heterocycles. The fourth-order valence-electron chi connectivity index (χ4n) is 2.04. The summed E-state index contributed by atoms with van der Waals surface area (Å²) in [6.07, 6.45) is 3.70. The molecule has 0 aliphatic carbocycles. The summed E-state index contributed by atoms with van der Waals surface area (Å²) in [5, 5.41) is 8.97. The Labute approximate surface area is 88.6 Å². The lowest BCUT2D eigenvalue weighted by molar-refractivity contribution is 0.275. The number of aliphatic hydroxyl groups excluding tert-OH is 1. The van der Waals surface area contributed by atoms with Crippen LogP contribution in [0.25, 0.3) is 0 Å². The summed E-state index contributed by atoms with van der Waals surface area (Å²) in [7, 11) is 0. The lowest BCUT2D eigenvalue weighted by Gasteiger charge is -2.23. The molecule has 0 bridgehead atoms. The minimum absolute atomic E-state index is 0.274. The molecule has 1 N–H and O–H groups in total. The summed E-state index contributed by atoms with van der Waals surface area (Å²) < 4.78 is 13.8. The fraction of sp³-hybridized carbons (Fsp3) is 0.545. The summed E-state index contributed by atoms with van der Waals surface area (Å²) in [5.41, 5.74) is 0.319. The summed E-state index contributed by atoms with van der Waals surface area (Å²) >= 11 is 0. The third kappa shape index (κ3) is 1.81. The first-order valence-electron chi connectivity index (χ1n) is 5.25. The molecule has 0 radical (unpaired) electrons.